The van der Waals surface area contributed by atoms with E-state index in [9.17, 15) is 4.79 Å². The molecule has 0 atom stereocenters. The Morgan fingerprint density at radius 2 is 2.23 bits per heavy atom. The van der Waals surface area contributed by atoms with Gasteiger partial charge in [0.25, 0.3) is 0 Å². The highest BCUT2D eigenvalue weighted by Gasteiger charge is 2.09. The minimum Gasteiger partial charge on any atom is -0.478 e. The largest absolute Gasteiger partial charge is 0.478 e. The van der Waals surface area contributed by atoms with E-state index < -0.39 is 5.97 Å². The van der Waals surface area contributed by atoms with Crippen LogP contribution >= 0.6 is 11.6 Å². The second-order valence-corrected chi connectivity index (χ2v) is 2.78. The molecule has 0 aliphatic carbocycles. The third-order valence-corrected chi connectivity index (χ3v) is 1.79. The SMILES string of the molecule is O=C(O)c1ccc(CCO)nc1Cl. The summed E-state index contributed by atoms with van der Waals surface area (Å²) in [7, 11) is 0. The Balaban J connectivity index is 2.98. The van der Waals surface area contributed by atoms with E-state index >= 15 is 0 Å². The third-order valence-electron chi connectivity index (χ3n) is 1.50. The molecular formula is C8H8ClNO3. The van der Waals surface area contributed by atoms with Gasteiger partial charge in [-0.15, -0.1) is 0 Å². The van der Waals surface area contributed by atoms with Gasteiger partial charge in [-0.1, -0.05) is 11.6 Å². The van der Waals surface area contributed by atoms with Crippen LogP contribution in [0.5, 0.6) is 0 Å². The molecule has 2 N–H and O–H groups in total. The Morgan fingerprint density at radius 1 is 1.54 bits per heavy atom. The lowest BCUT2D eigenvalue weighted by Crippen LogP contribution is -2.02. The highest BCUT2D eigenvalue weighted by atomic mass is 35.5. The Labute approximate surface area is 79.8 Å². The molecule has 13 heavy (non-hydrogen) atoms. The fourth-order valence-electron chi connectivity index (χ4n) is 0.885. The molecule has 0 unspecified atom stereocenters. The van der Waals surface area contributed by atoms with Gasteiger partial charge < -0.3 is 10.2 Å². The van der Waals surface area contributed by atoms with Gasteiger partial charge in [-0.2, -0.15) is 0 Å². The fourth-order valence-corrected chi connectivity index (χ4v) is 1.14. The summed E-state index contributed by atoms with van der Waals surface area (Å²) in [5.74, 6) is -1.10. The molecule has 0 bridgehead atoms. The van der Waals surface area contributed by atoms with Gasteiger partial charge in [0, 0.05) is 18.7 Å². The van der Waals surface area contributed by atoms with Crippen molar-refractivity contribution < 1.29 is 15.0 Å². The van der Waals surface area contributed by atoms with E-state index in [-0.39, 0.29) is 17.3 Å². The fraction of sp³-hybridized carbons (Fsp3) is 0.250. The van der Waals surface area contributed by atoms with Crippen LogP contribution in [-0.4, -0.2) is 27.8 Å². The van der Waals surface area contributed by atoms with Crippen molar-refractivity contribution in [3.05, 3.63) is 28.5 Å². The van der Waals surface area contributed by atoms with Crippen molar-refractivity contribution in [2.75, 3.05) is 6.61 Å². The molecule has 1 rings (SSSR count). The van der Waals surface area contributed by atoms with E-state index in [0.717, 1.165) is 0 Å². The van der Waals surface area contributed by atoms with Crippen molar-refractivity contribution in [3.63, 3.8) is 0 Å². The third kappa shape index (κ3) is 2.40. The second-order valence-electron chi connectivity index (χ2n) is 2.42. The maximum atomic E-state index is 10.5. The molecule has 1 aromatic rings. The number of halogens is 1. The lowest BCUT2D eigenvalue weighted by Gasteiger charge is -2.00. The van der Waals surface area contributed by atoms with E-state index in [2.05, 4.69) is 4.98 Å². The number of pyridine rings is 1. The average molecular weight is 202 g/mol. The molecule has 0 aliphatic rings. The Kier molecular flexibility index (Phi) is 3.22. The van der Waals surface area contributed by atoms with E-state index in [1.165, 1.54) is 12.1 Å². The number of carbonyl (C=O) groups is 1. The summed E-state index contributed by atoms with van der Waals surface area (Å²) in [5, 5.41) is 17.2. The molecule has 1 heterocycles. The Bertz CT molecular complexity index is 327. The zero-order valence-corrected chi connectivity index (χ0v) is 7.45. The standard InChI is InChI=1S/C8H8ClNO3/c9-7-6(8(12)13)2-1-5(10-7)3-4-11/h1-2,11H,3-4H2,(H,12,13). The smallest absolute Gasteiger partial charge is 0.338 e. The summed E-state index contributed by atoms with van der Waals surface area (Å²) >= 11 is 5.59. The van der Waals surface area contributed by atoms with Gasteiger partial charge >= 0.3 is 5.97 Å². The molecule has 0 amide bonds. The summed E-state index contributed by atoms with van der Waals surface area (Å²) in [5.41, 5.74) is 0.556. The van der Waals surface area contributed by atoms with Crippen molar-refractivity contribution in [1.82, 2.24) is 4.98 Å². The molecule has 0 aliphatic heterocycles. The molecule has 4 nitrogen and oxygen atoms in total. The summed E-state index contributed by atoms with van der Waals surface area (Å²) < 4.78 is 0. The van der Waals surface area contributed by atoms with Crippen LogP contribution in [0.25, 0.3) is 0 Å². The summed E-state index contributed by atoms with van der Waals surface area (Å²) in [4.78, 5) is 14.3. The number of nitrogens with zero attached hydrogens (tertiary/aromatic N) is 1. The molecule has 0 spiro atoms. The van der Waals surface area contributed by atoms with Crippen LogP contribution in [0.3, 0.4) is 0 Å². The van der Waals surface area contributed by atoms with Gasteiger partial charge in [0.05, 0.1) is 5.56 Å². The maximum Gasteiger partial charge on any atom is 0.338 e. The van der Waals surface area contributed by atoms with Crippen molar-refractivity contribution in [1.29, 1.82) is 0 Å². The highest BCUT2D eigenvalue weighted by Crippen LogP contribution is 2.13. The first-order valence-corrected chi connectivity index (χ1v) is 4.02. The Morgan fingerprint density at radius 3 is 2.69 bits per heavy atom. The molecule has 70 valence electrons. The number of aromatic carboxylic acids is 1. The first kappa shape index (κ1) is 9.95. The van der Waals surface area contributed by atoms with E-state index in [1.807, 2.05) is 0 Å². The maximum absolute atomic E-state index is 10.5. The number of rotatable bonds is 3. The van der Waals surface area contributed by atoms with Gasteiger partial charge in [-0.25, -0.2) is 9.78 Å². The number of aromatic nitrogens is 1. The minimum absolute atomic E-state index is 0.0247. The lowest BCUT2D eigenvalue weighted by molar-refractivity contribution is 0.0696. The lowest BCUT2D eigenvalue weighted by atomic mass is 10.2. The molecule has 0 saturated carbocycles. The quantitative estimate of drug-likeness (QED) is 0.715. The van der Waals surface area contributed by atoms with Gasteiger partial charge in [0.1, 0.15) is 5.15 Å². The van der Waals surface area contributed by atoms with Crippen molar-refractivity contribution >= 4 is 17.6 Å². The predicted octanol–water partition coefficient (Wildman–Crippen LogP) is 0.968. The highest BCUT2D eigenvalue weighted by molar-refractivity contribution is 6.32. The van der Waals surface area contributed by atoms with Crippen LogP contribution in [0, 0.1) is 0 Å². The zero-order valence-electron chi connectivity index (χ0n) is 6.70. The van der Waals surface area contributed by atoms with Gasteiger partial charge in [0.15, 0.2) is 0 Å². The average Bonchev–Trinajstić information content (AvgIpc) is 2.04. The molecule has 1 aromatic heterocycles. The van der Waals surface area contributed by atoms with Crippen molar-refractivity contribution in [3.8, 4) is 0 Å². The van der Waals surface area contributed by atoms with Crippen LogP contribution in [0.1, 0.15) is 16.1 Å². The number of aliphatic hydroxyl groups is 1. The molecule has 5 heteroatoms. The van der Waals surface area contributed by atoms with Crippen LogP contribution < -0.4 is 0 Å². The molecule has 0 fully saturated rings. The number of hydrogen-bond donors (Lipinski definition) is 2. The van der Waals surface area contributed by atoms with Gasteiger partial charge in [-0.3, -0.25) is 0 Å². The van der Waals surface area contributed by atoms with E-state index in [4.69, 9.17) is 21.8 Å². The monoisotopic (exact) mass is 201 g/mol. The summed E-state index contributed by atoms with van der Waals surface area (Å²) in [6, 6.07) is 2.91. The number of aliphatic hydroxyl groups excluding tert-OH is 1. The van der Waals surface area contributed by atoms with Crippen molar-refractivity contribution in [2.45, 2.75) is 6.42 Å². The first-order chi connectivity index (χ1) is 6.15. The molecule has 0 radical (unpaired) electrons. The summed E-state index contributed by atoms with van der Waals surface area (Å²) in [6.45, 7) is -0.0320. The van der Waals surface area contributed by atoms with Crippen LogP contribution in [0.2, 0.25) is 5.15 Å². The number of carboxylic acids is 1. The molecule has 0 saturated heterocycles. The van der Waals surface area contributed by atoms with Gasteiger partial charge in [0.2, 0.25) is 0 Å². The van der Waals surface area contributed by atoms with Crippen molar-refractivity contribution in [2.24, 2.45) is 0 Å². The summed E-state index contributed by atoms with van der Waals surface area (Å²) in [6.07, 6.45) is 0.375. The van der Waals surface area contributed by atoms with Gasteiger partial charge in [-0.05, 0) is 12.1 Å². The van der Waals surface area contributed by atoms with Crippen LogP contribution in [0.4, 0.5) is 0 Å². The zero-order chi connectivity index (χ0) is 9.84. The van der Waals surface area contributed by atoms with E-state index in [1.54, 1.807) is 0 Å². The number of carboxylic acid groups (broad SMARTS) is 1. The molecule has 0 aromatic carbocycles. The van der Waals surface area contributed by atoms with E-state index in [0.29, 0.717) is 12.1 Å². The van der Waals surface area contributed by atoms with Crippen LogP contribution in [0.15, 0.2) is 12.1 Å². The normalized spacial score (nSPS) is 10.0. The minimum atomic E-state index is -1.10. The van der Waals surface area contributed by atoms with Crippen LogP contribution in [-0.2, 0) is 6.42 Å². The second kappa shape index (κ2) is 4.20. The topological polar surface area (TPSA) is 70.4 Å². The number of hydrogen-bond acceptors (Lipinski definition) is 3. The molecular weight excluding hydrogens is 194 g/mol. The first-order valence-electron chi connectivity index (χ1n) is 3.64. The predicted molar refractivity (Wildman–Crippen MR) is 47.0 cm³/mol. The Hall–Kier alpha value is -1.13.